The van der Waals surface area contributed by atoms with Crippen LogP contribution in [0.4, 0.5) is 22.2 Å². The molecule has 4 heterocycles. The first kappa shape index (κ1) is 21.6. The molecule has 4 aromatic rings. The maximum Gasteiger partial charge on any atom is 0.317 e. The number of anilines is 3. The molecule has 11 nitrogen and oxygen atoms in total. The van der Waals surface area contributed by atoms with Gasteiger partial charge in [-0.15, -0.1) is 0 Å². The van der Waals surface area contributed by atoms with Crippen LogP contribution in [0, 0.1) is 0 Å². The molecule has 1 aromatic carbocycles. The van der Waals surface area contributed by atoms with E-state index in [1.54, 1.807) is 21.5 Å². The van der Waals surface area contributed by atoms with E-state index in [2.05, 4.69) is 43.0 Å². The SMILES string of the molecule is CC(C)n1c(=O)c2cnc(Nc3ccc4c(c3)CCNC4)nc2n1-c1ccnc(NC(N)=O)c1. The molecular weight excluding hydrogens is 434 g/mol. The minimum atomic E-state index is -0.724. The number of benzene rings is 1. The summed E-state index contributed by atoms with van der Waals surface area (Å²) in [6.07, 6.45) is 4.03. The van der Waals surface area contributed by atoms with E-state index in [9.17, 15) is 9.59 Å². The largest absolute Gasteiger partial charge is 0.351 e. The van der Waals surface area contributed by atoms with Gasteiger partial charge in [0, 0.05) is 36.7 Å². The minimum Gasteiger partial charge on any atom is -0.351 e. The Kier molecular flexibility index (Phi) is 5.46. The maximum absolute atomic E-state index is 13.2. The van der Waals surface area contributed by atoms with Crippen molar-refractivity contribution in [2.24, 2.45) is 5.73 Å². The molecule has 0 fully saturated rings. The Bertz CT molecular complexity index is 1450. The molecule has 0 aliphatic carbocycles. The first-order chi connectivity index (χ1) is 16.4. The minimum absolute atomic E-state index is 0.159. The van der Waals surface area contributed by atoms with Gasteiger partial charge in [-0.3, -0.25) is 10.1 Å². The Hall–Kier alpha value is -4.25. The Morgan fingerprint density at radius 3 is 2.82 bits per heavy atom. The monoisotopic (exact) mass is 459 g/mol. The highest BCUT2D eigenvalue weighted by Gasteiger charge is 2.20. The lowest BCUT2D eigenvalue weighted by atomic mass is 10.0. The molecule has 174 valence electrons. The summed E-state index contributed by atoms with van der Waals surface area (Å²) in [5.74, 6) is 0.645. The number of hydrogen-bond donors (Lipinski definition) is 4. The normalized spacial score (nSPS) is 13.1. The van der Waals surface area contributed by atoms with Gasteiger partial charge < -0.3 is 16.4 Å². The summed E-state index contributed by atoms with van der Waals surface area (Å²) in [6.45, 7) is 5.64. The van der Waals surface area contributed by atoms with Gasteiger partial charge in [0.1, 0.15) is 11.2 Å². The summed E-state index contributed by atoms with van der Waals surface area (Å²) in [4.78, 5) is 37.7. The Morgan fingerprint density at radius 2 is 2.03 bits per heavy atom. The van der Waals surface area contributed by atoms with Crippen molar-refractivity contribution in [2.75, 3.05) is 17.2 Å². The molecule has 5 N–H and O–H groups in total. The molecule has 0 saturated heterocycles. The van der Waals surface area contributed by atoms with Crippen molar-refractivity contribution < 1.29 is 4.79 Å². The van der Waals surface area contributed by atoms with Gasteiger partial charge in [-0.05, 0) is 56.1 Å². The van der Waals surface area contributed by atoms with E-state index >= 15 is 0 Å². The number of carbonyl (C=O) groups is 1. The second kappa shape index (κ2) is 8.60. The number of nitrogens with two attached hydrogens (primary N) is 1. The van der Waals surface area contributed by atoms with Gasteiger partial charge >= 0.3 is 6.03 Å². The zero-order valence-electron chi connectivity index (χ0n) is 18.9. The highest BCUT2D eigenvalue weighted by molar-refractivity contribution is 5.87. The van der Waals surface area contributed by atoms with Gasteiger partial charge in [-0.25, -0.2) is 24.1 Å². The quantitative estimate of drug-likeness (QED) is 0.359. The first-order valence-corrected chi connectivity index (χ1v) is 11.0. The third kappa shape index (κ3) is 3.97. The van der Waals surface area contributed by atoms with Crippen molar-refractivity contribution in [3.05, 3.63) is 64.2 Å². The molecular formula is C23H25N9O2. The van der Waals surface area contributed by atoms with E-state index in [1.807, 2.05) is 19.9 Å². The van der Waals surface area contributed by atoms with Crippen LogP contribution >= 0.6 is 0 Å². The average Bonchev–Trinajstić information content (AvgIpc) is 3.11. The van der Waals surface area contributed by atoms with Crippen molar-refractivity contribution in [1.82, 2.24) is 29.6 Å². The summed E-state index contributed by atoms with van der Waals surface area (Å²) in [5, 5.41) is 9.49. The van der Waals surface area contributed by atoms with Gasteiger partial charge in [0.15, 0.2) is 5.65 Å². The standard InChI is InChI=1S/C23H25N9O2/c1-13(2)31-21(33)18-12-27-23(28-16-4-3-15-11-25-7-5-14(15)9-16)30-20(18)32(31)17-6-8-26-19(10-17)29-22(24)34/h3-4,6,8-10,12-13,25H,5,7,11H2,1-2H3,(H,27,28,30)(H3,24,26,29,34). The predicted molar refractivity (Wildman–Crippen MR) is 130 cm³/mol. The van der Waals surface area contributed by atoms with Gasteiger partial charge in [0.25, 0.3) is 5.56 Å². The molecule has 0 spiro atoms. The number of hydrogen-bond acceptors (Lipinski definition) is 7. The number of fused-ring (bicyclic) bond motifs is 2. The van der Waals surface area contributed by atoms with Crippen LogP contribution < -0.4 is 27.2 Å². The lowest BCUT2D eigenvalue weighted by Crippen LogP contribution is -2.24. The molecule has 11 heteroatoms. The van der Waals surface area contributed by atoms with Gasteiger partial charge in [0.2, 0.25) is 5.95 Å². The predicted octanol–water partition coefficient (Wildman–Crippen LogP) is 2.44. The van der Waals surface area contributed by atoms with Crippen LogP contribution in [-0.2, 0) is 13.0 Å². The van der Waals surface area contributed by atoms with Crippen LogP contribution in [0.2, 0.25) is 0 Å². The van der Waals surface area contributed by atoms with E-state index in [4.69, 9.17) is 5.73 Å². The third-order valence-corrected chi connectivity index (χ3v) is 5.70. The van der Waals surface area contributed by atoms with E-state index in [-0.39, 0.29) is 17.4 Å². The van der Waals surface area contributed by atoms with Crippen molar-refractivity contribution in [1.29, 1.82) is 0 Å². The molecule has 0 atom stereocenters. The van der Waals surface area contributed by atoms with Gasteiger partial charge in [-0.1, -0.05) is 6.07 Å². The Balaban J connectivity index is 1.60. The van der Waals surface area contributed by atoms with Crippen LogP contribution in [0.15, 0.2) is 47.5 Å². The highest BCUT2D eigenvalue weighted by Crippen LogP contribution is 2.24. The van der Waals surface area contributed by atoms with E-state index in [1.165, 1.54) is 23.5 Å². The summed E-state index contributed by atoms with van der Waals surface area (Å²) in [5.41, 5.74) is 9.53. The summed E-state index contributed by atoms with van der Waals surface area (Å²) in [6, 6.07) is 8.69. The molecule has 0 radical (unpaired) electrons. The second-order valence-electron chi connectivity index (χ2n) is 8.41. The molecule has 0 bridgehead atoms. The zero-order chi connectivity index (χ0) is 23.8. The van der Waals surface area contributed by atoms with Crippen LogP contribution in [0.5, 0.6) is 0 Å². The molecule has 1 aliphatic rings. The maximum atomic E-state index is 13.2. The number of amides is 2. The number of primary amides is 1. The molecule has 34 heavy (non-hydrogen) atoms. The number of aromatic nitrogens is 5. The number of urea groups is 1. The summed E-state index contributed by atoms with van der Waals surface area (Å²) >= 11 is 0. The van der Waals surface area contributed by atoms with Crippen LogP contribution in [-0.4, -0.2) is 36.9 Å². The molecule has 0 saturated carbocycles. The lowest BCUT2D eigenvalue weighted by Gasteiger charge is -2.18. The lowest BCUT2D eigenvalue weighted by molar-refractivity contribution is 0.259. The second-order valence-corrected chi connectivity index (χ2v) is 8.41. The molecule has 1 aliphatic heterocycles. The number of nitrogens with one attached hydrogen (secondary N) is 3. The van der Waals surface area contributed by atoms with Crippen LogP contribution in [0.1, 0.15) is 31.0 Å². The first-order valence-electron chi connectivity index (χ1n) is 11.0. The Labute approximate surface area is 195 Å². The number of pyridine rings is 1. The fourth-order valence-electron chi connectivity index (χ4n) is 4.20. The average molecular weight is 460 g/mol. The highest BCUT2D eigenvalue weighted by atomic mass is 16.2. The zero-order valence-corrected chi connectivity index (χ0v) is 18.9. The number of carbonyl (C=O) groups excluding carboxylic acids is 1. The van der Waals surface area contributed by atoms with E-state index in [0.717, 1.165) is 25.2 Å². The fraction of sp³-hybridized carbons (Fsp3) is 0.261. The molecule has 5 rings (SSSR count). The van der Waals surface area contributed by atoms with E-state index < -0.39 is 6.03 Å². The van der Waals surface area contributed by atoms with Crippen molar-refractivity contribution in [3.8, 4) is 5.69 Å². The van der Waals surface area contributed by atoms with E-state index in [0.29, 0.717) is 22.7 Å². The van der Waals surface area contributed by atoms with Crippen molar-refractivity contribution in [2.45, 2.75) is 32.9 Å². The fourth-order valence-corrected chi connectivity index (χ4v) is 4.20. The summed E-state index contributed by atoms with van der Waals surface area (Å²) in [7, 11) is 0. The Morgan fingerprint density at radius 1 is 1.18 bits per heavy atom. The van der Waals surface area contributed by atoms with Crippen molar-refractivity contribution >= 4 is 34.5 Å². The van der Waals surface area contributed by atoms with Crippen molar-refractivity contribution in [3.63, 3.8) is 0 Å². The molecule has 2 amide bonds. The van der Waals surface area contributed by atoms with Gasteiger partial charge in [-0.2, -0.15) is 4.98 Å². The number of rotatable bonds is 5. The molecule has 3 aromatic heterocycles. The smallest absolute Gasteiger partial charge is 0.317 e. The third-order valence-electron chi connectivity index (χ3n) is 5.70. The van der Waals surface area contributed by atoms with Gasteiger partial charge in [0.05, 0.1) is 5.69 Å². The number of nitrogens with zero attached hydrogens (tertiary/aromatic N) is 5. The van der Waals surface area contributed by atoms with Crippen LogP contribution in [0.25, 0.3) is 16.7 Å². The molecule has 0 unspecified atom stereocenters. The topological polar surface area (TPSA) is 145 Å². The summed E-state index contributed by atoms with van der Waals surface area (Å²) < 4.78 is 3.31. The van der Waals surface area contributed by atoms with Crippen LogP contribution in [0.3, 0.4) is 0 Å².